The third kappa shape index (κ3) is 4.37. The van der Waals surface area contributed by atoms with Crippen molar-refractivity contribution >= 4 is 49.2 Å². The first-order valence-electron chi connectivity index (χ1n) is 16.6. The molecule has 0 amide bonds. The lowest BCUT2D eigenvalue weighted by atomic mass is 9.85. The Bertz CT molecular complexity index is 2840. The van der Waals surface area contributed by atoms with Gasteiger partial charge in [0.1, 0.15) is 6.07 Å². The first kappa shape index (κ1) is 29.0. The molecular formula is C45H27N5. The molecule has 0 N–H and O–H groups in total. The van der Waals surface area contributed by atoms with Crippen molar-refractivity contribution in [3.05, 3.63) is 173 Å². The minimum Gasteiger partial charge on any atom is -0.309 e. The molecule has 6 aromatic carbocycles. The van der Waals surface area contributed by atoms with E-state index in [1.165, 1.54) is 10.8 Å². The molecule has 0 radical (unpaired) electrons. The molecule has 232 valence electrons. The Balaban J connectivity index is 1.15. The number of fused-ring (bicyclic) bond motifs is 6. The van der Waals surface area contributed by atoms with Crippen LogP contribution in [0.25, 0.3) is 60.6 Å². The second kappa shape index (κ2) is 11.5. The fourth-order valence-corrected chi connectivity index (χ4v) is 7.74. The van der Waals surface area contributed by atoms with Gasteiger partial charge in [0.15, 0.2) is 0 Å². The second-order valence-electron chi connectivity index (χ2n) is 12.6. The third-order valence-electron chi connectivity index (χ3n) is 9.99. The van der Waals surface area contributed by atoms with Gasteiger partial charge in [-0.2, -0.15) is 15.8 Å². The fourth-order valence-electron chi connectivity index (χ4n) is 7.74. The molecule has 1 aliphatic rings. The molecule has 9 rings (SSSR count). The highest BCUT2D eigenvalue weighted by molar-refractivity contribution is 6.11. The number of nitriles is 3. The summed E-state index contributed by atoms with van der Waals surface area (Å²) in [6.07, 6.45) is 7.24. The Morgan fingerprint density at radius 2 is 1.18 bits per heavy atom. The van der Waals surface area contributed by atoms with Gasteiger partial charge >= 0.3 is 0 Å². The molecule has 5 nitrogen and oxygen atoms in total. The van der Waals surface area contributed by atoms with Gasteiger partial charge in [-0.05, 0) is 78.2 Å². The van der Waals surface area contributed by atoms with E-state index in [4.69, 9.17) is 0 Å². The number of nitrogens with zero attached hydrogens (tertiary/aromatic N) is 5. The zero-order chi connectivity index (χ0) is 33.8. The van der Waals surface area contributed by atoms with Crippen LogP contribution in [-0.4, -0.2) is 9.13 Å². The number of para-hydroxylation sites is 4. The van der Waals surface area contributed by atoms with Crippen molar-refractivity contribution in [2.45, 2.75) is 12.3 Å². The highest BCUT2D eigenvalue weighted by Crippen LogP contribution is 2.40. The number of hydrogen-bond donors (Lipinski definition) is 0. The van der Waals surface area contributed by atoms with Crippen LogP contribution in [0.5, 0.6) is 0 Å². The smallest absolute Gasteiger partial charge is 0.101 e. The largest absolute Gasteiger partial charge is 0.309 e. The molecule has 50 heavy (non-hydrogen) atoms. The quantitative estimate of drug-likeness (QED) is 0.193. The topological polar surface area (TPSA) is 81.2 Å². The number of allylic oxidation sites excluding steroid dienone is 4. The maximum Gasteiger partial charge on any atom is 0.101 e. The normalized spacial score (nSPS) is 14.1. The first-order chi connectivity index (χ1) is 24.7. The maximum atomic E-state index is 10.4. The van der Waals surface area contributed by atoms with Crippen LogP contribution >= 0.6 is 0 Å². The average Bonchev–Trinajstić information content (AvgIpc) is 3.70. The summed E-state index contributed by atoms with van der Waals surface area (Å²) in [5, 5.41) is 34.6. The lowest BCUT2D eigenvalue weighted by Gasteiger charge is -2.22. The minimum atomic E-state index is 0.00156. The molecule has 8 aromatic rings. The van der Waals surface area contributed by atoms with Crippen LogP contribution in [0.4, 0.5) is 0 Å². The van der Waals surface area contributed by atoms with E-state index in [9.17, 15) is 15.8 Å². The molecule has 0 saturated heterocycles. The van der Waals surface area contributed by atoms with Crippen LogP contribution in [0.3, 0.4) is 0 Å². The minimum absolute atomic E-state index is 0.00156. The van der Waals surface area contributed by atoms with Gasteiger partial charge in [0.25, 0.3) is 0 Å². The summed E-state index contributed by atoms with van der Waals surface area (Å²) in [5.41, 5.74) is 10.8. The molecule has 2 aromatic heterocycles. The lowest BCUT2D eigenvalue weighted by molar-refractivity contribution is 0.851. The molecule has 1 atom stereocenters. The molecule has 0 aliphatic heterocycles. The number of aromatic nitrogens is 2. The Labute approximate surface area is 288 Å². The fraction of sp³-hybridized carbons (Fsp3) is 0.0444. The number of hydrogen-bond acceptors (Lipinski definition) is 3. The van der Waals surface area contributed by atoms with E-state index in [0.717, 1.165) is 60.9 Å². The monoisotopic (exact) mass is 637 g/mol. The van der Waals surface area contributed by atoms with E-state index in [0.29, 0.717) is 23.1 Å². The van der Waals surface area contributed by atoms with E-state index in [1.54, 1.807) is 0 Å². The van der Waals surface area contributed by atoms with E-state index < -0.39 is 0 Å². The van der Waals surface area contributed by atoms with Crippen molar-refractivity contribution in [2.75, 3.05) is 0 Å². The summed E-state index contributed by atoms with van der Waals surface area (Å²) in [6, 6.07) is 49.9. The highest BCUT2D eigenvalue weighted by Gasteiger charge is 2.23. The number of rotatable bonds is 4. The zero-order valence-electron chi connectivity index (χ0n) is 26.9. The van der Waals surface area contributed by atoms with E-state index in [2.05, 4.69) is 118 Å². The zero-order valence-corrected chi connectivity index (χ0v) is 26.9. The summed E-state index contributed by atoms with van der Waals surface area (Å²) < 4.78 is 4.44. The summed E-state index contributed by atoms with van der Waals surface area (Å²) >= 11 is 0. The van der Waals surface area contributed by atoms with E-state index >= 15 is 0 Å². The highest BCUT2D eigenvalue weighted by atomic mass is 15.0. The Kier molecular flexibility index (Phi) is 6.70. The molecule has 1 unspecified atom stereocenters. The average molecular weight is 638 g/mol. The van der Waals surface area contributed by atoms with Gasteiger partial charge in [-0.1, -0.05) is 85.0 Å². The molecule has 0 saturated carbocycles. The molecular weight excluding hydrogens is 611 g/mol. The summed E-state index contributed by atoms with van der Waals surface area (Å²) in [7, 11) is 0. The van der Waals surface area contributed by atoms with Gasteiger partial charge in [0.2, 0.25) is 0 Å². The van der Waals surface area contributed by atoms with E-state index in [-0.39, 0.29) is 5.92 Å². The van der Waals surface area contributed by atoms with Crippen LogP contribution in [-0.2, 0) is 0 Å². The number of benzene rings is 6. The van der Waals surface area contributed by atoms with Crippen molar-refractivity contribution in [3.63, 3.8) is 0 Å². The maximum absolute atomic E-state index is 10.4. The van der Waals surface area contributed by atoms with Gasteiger partial charge in [0.05, 0.1) is 56.6 Å². The molecule has 0 bridgehead atoms. The Morgan fingerprint density at radius 3 is 1.82 bits per heavy atom. The molecule has 5 heteroatoms. The Hall–Kier alpha value is -7.13. The van der Waals surface area contributed by atoms with Gasteiger partial charge in [-0.15, -0.1) is 0 Å². The van der Waals surface area contributed by atoms with E-state index in [1.807, 2.05) is 54.6 Å². The molecule has 0 spiro atoms. The second-order valence-corrected chi connectivity index (χ2v) is 12.6. The van der Waals surface area contributed by atoms with Crippen molar-refractivity contribution < 1.29 is 0 Å². The van der Waals surface area contributed by atoms with Gasteiger partial charge in [-0.25, -0.2) is 0 Å². The Morgan fingerprint density at radius 1 is 0.540 bits per heavy atom. The van der Waals surface area contributed by atoms with Crippen molar-refractivity contribution in [1.82, 2.24) is 9.13 Å². The third-order valence-corrected chi connectivity index (χ3v) is 9.99. The van der Waals surface area contributed by atoms with Crippen LogP contribution < -0.4 is 0 Å². The van der Waals surface area contributed by atoms with Crippen molar-refractivity contribution in [2.24, 2.45) is 0 Å². The van der Waals surface area contributed by atoms with Gasteiger partial charge in [0, 0.05) is 38.7 Å². The van der Waals surface area contributed by atoms with Crippen molar-refractivity contribution in [3.8, 4) is 29.6 Å². The predicted molar refractivity (Wildman–Crippen MR) is 200 cm³/mol. The summed E-state index contributed by atoms with van der Waals surface area (Å²) in [5.74, 6) is 0.00156. The van der Waals surface area contributed by atoms with Crippen LogP contribution in [0.15, 0.2) is 146 Å². The van der Waals surface area contributed by atoms with Crippen LogP contribution in [0, 0.1) is 34.0 Å². The lowest BCUT2D eigenvalue weighted by Crippen LogP contribution is -2.06. The molecule has 0 fully saturated rings. The van der Waals surface area contributed by atoms with Crippen molar-refractivity contribution in [1.29, 1.82) is 15.8 Å². The SMILES string of the molecule is N#Cc1ccc2c(c1)c1ccccc1n2-c1c(C#N)cccc1C1=CCC(c2cc(-n3c4ccccc4c4ccccc43)ccc2C#N)C=C1. The first-order valence-corrected chi connectivity index (χ1v) is 16.6. The predicted octanol–water partition coefficient (Wildman–Crippen LogP) is 10.6. The van der Waals surface area contributed by atoms with Gasteiger partial charge in [-0.3, -0.25) is 0 Å². The summed E-state index contributed by atoms with van der Waals surface area (Å²) in [6.45, 7) is 0. The molecule has 2 heterocycles. The summed E-state index contributed by atoms with van der Waals surface area (Å²) in [4.78, 5) is 0. The van der Waals surface area contributed by atoms with Crippen LogP contribution in [0.2, 0.25) is 0 Å². The van der Waals surface area contributed by atoms with Gasteiger partial charge < -0.3 is 9.13 Å². The standard InChI is InChI=1S/C45H27N5/c46-26-29-16-23-44-40(24-29)38-11-3-6-15-43(38)50(44)45-33(28-48)8-7-12-35(45)30-17-19-31(20-18-30)39-25-34(22-21-32(39)27-47)49-41-13-4-1-9-36(41)37-10-2-5-14-42(37)49/h1-19,21-25,31H,20H2. The van der Waals surface area contributed by atoms with Crippen LogP contribution in [0.1, 0.15) is 40.2 Å². The molecule has 1 aliphatic carbocycles.